The van der Waals surface area contributed by atoms with Gasteiger partial charge in [0.15, 0.2) is 0 Å². The van der Waals surface area contributed by atoms with Crippen LogP contribution in [0.4, 0.5) is 26.3 Å². The van der Waals surface area contributed by atoms with Crippen molar-refractivity contribution in [2.24, 2.45) is 0 Å². The summed E-state index contributed by atoms with van der Waals surface area (Å²) in [5.74, 6) is -1.38. The van der Waals surface area contributed by atoms with Crippen molar-refractivity contribution in [3.8, 4) is 11.3 Å². The van der Waals surface area contributed by atoms with Gasteiger partial charge in [-0.2, -0.15) is 26.3 Å². The highest BCUT2D eigenvalue weighted by Crippen LogP contribution is 2.42. The Balaban J connectivity index is 2.25. The Morgan fingerprint density at radius 2 is 1.86 bits per heavy atom. The molecule has 4 nitrogen and oxygen atoms in total. The second-order valence-corrected chi connectivity index (χ2v) is 6.84. The Hall–Kier alpha value is -2.49. The molecule has 1 aromatic carbocycles. The maximum atomic E-state index is 13.5. The molecule has 0 bridgehead atoms. The number of hydrogen-bond donors (Lipinski definition) is 1. The smallest absolute Gasteiger partial charge is 0.417 e. The molecule has 0 radical (unpaired) electrons. The summed E-state index contributed by atoms with van der Waals surface area (Å²) in [5.41, 5.74) is -3.61. The molecule has 29 heavy (non-hydrogen) atoms. The fourth-order valence-electron chi connectivity index (χ4n) is 3.49. The summed E-state index contributed by atoms with van der Waals surface area (Å²) < 4.78 is 86.8. The van der Waals surface area contributed by atoms with Gasteiger partial charge >= 0.3 is 18.3 Å². The van der Waals surface area contributed by atoms with Crippen LogP contribution < -0.4 is 0 Å². The number of aromatic nitrogens is 1. The zero-order valence-corrected chi connectivity index (χ0v) is 15.2. The Morgan fingerprint density at radius 1 is 1.17 bits per heavy atom. The number of alkyl halides is 6. The minimum Gasteiger partial charge on any atom is -0.478 e. The first kappa shape index (κ1) is 21.2. The molecule has 158 valence electrons. The van der Waals surface area contributed by atoms with E-state index in [9.17, 15) is 36.2 Å². The quantitative estimate of drug-likeness (QED) is 0.675. The molecule has 2 heterocycles. The SMILES string of the molecule is Cc1c(C(=O)O)cc(-c2cc(C(F)(F)F)ccc2C(F)(F)F)n1C[C@H]1CCCO1. The number of benzene rings is 1. The minimum absolute atomic E-state index is 0.0436. The summed E-state index contributed by atoms with van der Waals surface area (Å²) in [6, 6.07) is 2.13. The fourth-order valence-corrected chi connectivity index (χ4v) is 3.49. The molecule has 10 heteroatoms. The van der Waals surface area contributed by atoms with E-state index >= 15 is 0 Å². The van der Waals surface area contributed by atoms with Gasteiger partial charge in [0.05, 0.1) is 22.8 Å². The Morgan fingerprint density at radius 3 is 2.38 bits per heavy atom. The molecule has 1 aliphatic heterocycles. The number of carboxylic acids is 1. The number of hydrogen-bond acceptors (Lipinski definition) is 2. The van der Waals surface area contributed by atoms with E-state index in [1.807, 2.05) is 0 Å². The molecule has 0 saturated carbocycles. The molecule has 1 aliphatic rings. The van der Waals surface area contributed by atoms with Crippen molar-refractivity contribution in [1.82, 2.24) is 4.57 Å². The normalized spacial score (nSPS) is 17.7. The predicted molar refractivity (Wildman–Crippen MR) is 90.5 cm³/mol. The molecule has 0 aliphatic carbocycles. The standard InChI is InChI=1S/C19H17F6NO3/c1-10-13(17(27)28)8-16(26(10)9-12-3-2-6-29-12)14-7-11(18(20,21)22)4-5-15(14)19(23,24)25/h4-5,7-8,12H,2-3,6,9H2,1H3,(H,27,28)/t12-/m1/s1. The molecule has 1 saturated heterocycles. The van der Waals surface area contributed by atoms with Crippen molar-refractivity contribution in [3.63, 3.8) is 0 Å². The summed E-state index contributed by atoms with van der Waals surface area (Å²) in [6.45, 7) is 1.91. The molecule has 2 aromatic rings. The number of carbonyl (C=O) groups is 1. The van der Waals surface area contributed by atoms with Crippen LogP contribution in [0.2, 0.25) is 0 Å². The highest BCUT2D eigenvalue weighted by molar-refractivity contribution is 5.91. The molecule has 1 fully saturated rings. The third-order valence-electron chi connectivity index (χ3n) is 4.94. The van der Waals surface area contributed by atoms with Crippen LogP contribution in [0.5, 0.6) is 0 Å². The van der Waals surface area contributed by atoms with Gasteiger partial charge in [0.2, 0.25) is 0 Å². The van der Waals surface area contributed by atoms with E-state index in [2.05, 4.69) is 0 Å². The summed E-state index contributed by atoms with van der Waals surface area (Å²) in [7, 11) is 0. The van der Waals surface area contributed by atoms with Crippen LogP contribution in [0.15, 0.2) is 24.3 Å². The first-order valence-corrected chi connectivity index (χ1v) is 8.73. The van der Waals surface area contributed by atoms with Gasteiger partial charge in [0.1, 0.15) is 0 Å². The van der Waals surface area contributed by atoms with Crippen LogP contribution in [0.1, 0.15) is 40.0 Å². The third kappa shape index (κ3) is 4.26. The monoisotopic (exact) mass is 421 g/mol. The van der Waals surface area contributed by atoms with E-state index in [1.54, 1.807) is 0 Å². The number of aromatic carboxylic acids is 1. The van der Waals surface area contributed by atoms with Crippen LogP contribution in [-0.2, 0) is 23.6 Å². The summed E-state index contributed by atoms with van der Waals surface area (Å²) in [5, 5.41) is 9.38. The molecule has 0 spiro atoms. The van der Waals surface area contributed by atoms with E-state index in [0.29, 0.717) is 31.2 Å². The summed E-state index contributed by atoms with van der Waals surface area (Å²) >= 11 is 0. The molecule has 0 unspecified atom stereocenters. The van der Waals surface area contributed by atoms with Crippen molar-refractivity contribution in [3.05, 3.63) is 46.6 Å². The Kier molecular flexibility index (Phi) is 5.42. The zero-order chi connectivity index (χ0) is 21.6. The highest BCUT2D eigenvalue weighted by Gasteiger charge is 2.38. The summed E-state index contributed by atoms with van der Waals surface area (Å²) in [4.78, 5) is 11.5. The Labute approximate surface area is 161 Å². The lowest BCUT2D eigenvalue weighted by Gasteiger charge is -2.20. The van der Waals surface area contributed by atoms with Crippen molar-refractivity contribution < 1.29 is 41.0 Å². The first-order valence-electron chi connectivity index (χ1n) is 8.73. The average Bonchev–Trinajstić information content (AvgIpc) is 3.22. The van der Waals surface area contributed by atoms with Crippen LogP contribution in [0.25, 0.3) is 11.3 Å². The number of ether oxygens (including phenoxy) is 1. The van der Waals surface area contributed by atoms with Crippen LogP contribution >= 0.6 is 0 Å². The Bertz CT molecular complexity index is 923. The third-order valence-corrected chi connectivity index (χ3v) is 4.94. The van der Waals surface area contributed by atoms with Gasteiger partial charge < -0.3 is 14.4 Å². The zero-order valence-electron chi connectivity index (χ0n) is 15.2. The number of carboxylic acid groups (broad SMARTS) is 1. The van der Waals surface area contributed by atoms with E-state index in [-0.39, 0.29) is 29.6 Å². The van der Waals surface area contributed by atoms with Gasteiger partial charge in [-0.25, -0.2) is 4.79 Å². The molecule has 1 aromatic heterocycles. The van der Waals surface area contributed by atoms with Gasteiger partial charge in [-0.1, -0.05) is 0 Å². The van der Waals surface area contributed by atoms with Crippen LogP contribution in [0, 0.1) is 6.92 Å². The van der Waals surface area contributed by atoms with Gasteiger partial charge in [0, 0.05) is 30.1 Å². The van der Waals surface area contributed by atoms with E-state index in [1.165, 1.54) is 11.5 Å². The fraction of sp³-hybridized carbons (Fsp3) is 0.421. The molecule has 1 atom stereocenters. The van der Waals surface area contributed by atoms with Gasteiger partial charge in [-0.05, 0) is 44.0 Å². The lowest BCUT2D eigenvalue weighted by molar-refractivity contribution is -0.141. The highest BCUT2D eigenvalue weighted by atomic mass is 19.4. The molecular formula is C19H17F6NO3. The van der Waals surface area contributed by atoms with Gasteiger partial charge in [-0.15, -0.1) is 0 Å². The molecule has 3 rings (SSSR count). The topological polar surface area (TPSA) is 51.5 Å². The van der Waals surface area contributed by atoms with E-state index in [4.69, 9.17) is 4.74 Å². The second kappa shape index (κ2) is 7.40. The maximum absolute atomic E-state index is 13.5. The summed E-state index contributed by atoms with van der Waals surface area (Å²) in [6.07, 6.45) is -8.77. The number of halogens is 6. The predicted octanol–water partition coefficient (Wildman–Crippen LogP) is 5.38. The van der Waals surface area contributed by atoms with Crippen molar-refractivity contribution in [2.75, 3.05) is 6.61 Å². The molecule has 0 amide bonds. The van der Waals surface area contributed by atoms with Crippen LogP contribution in [-0.4, -0.2) is 28.4 Å². The second-order valence-electron chi connectivity index (χ2n) is 6.84. The van der Waals surface area contributed by atoms with Crippen molar-refractivity contribution in [2.45, 2.75) is 44.8 Å². The average molecular weight is 421 g/mol. The molecule has 1 N–H and O–H groups in total. The van der Waals surface area contributed by atoms with Crippen molar-refractivity contribution >= 4 is 5.97 Å². The molecular weight excluding hydrogens is 404 g/mol. The minimum atomic E-state index is -4.92. The van der Waals surface area contributed by atoms with E-state index < -0.39 is 35.0 Å². The van der Waals surface area contributed by atoms with Gasteiger partial charge in [-0.3, -0.25) is 0 Å². The largest absolute Gasteiger partial charge is 0.478 e. The lowest BCUT2D eigenvalue weighted by Crippen LogP contribution is -2.18. The number of rotatable bonds is 4. The lowest BCUT2D eigenvalue weighted by atomic mass is 10.00. The van der Waals surface area contributed by atoms with Gasteiger partial charge in [0.25, 0.3) is 0 Å². The number of nitrogens with zero attached hydrogens (tertiary/aromatic N) is 1. The van der Waals surface area contributed by atoms with Crippen molar-refractivity contribution in [1.29, 1.82) is 0 Å². The van der Waals surface area contributed by atoms with E-state index in [0.717, 1.165) is 12.5 Å². The maximum Gasteiger partial charge on any atom is 0.417 e. The van der Waals surface area contributed by atoms with Crippen LogP contribution in [0.3, 0.4) is 0 Å². The first-order chi connectivity index (χ1) is 13.4.